The highest BCUT2D eigenvalue weighted by Crippen LogP contribution is 2.27. The van der Waals surface area contributed by atoms with Gasteiger partial charge in [0.2, 0.25) is 5.95 Å². The minimum Gasteiger partial charge on any atom is -0.359 e. The molecule has 0 amide bonds. The van der Waals surface area contributed by atoms with Gasteiger partial charge in [-0.15, -0.1) is 0 Å². The Morgan fingerprint density at radius 3 is 2.64 bits per heavy atom. The zero-order valence-corrected chi connectivity index (χ0v) is 9.83. The van der Waals surface area contributed by atoms with E-state index in [1.165, 1.54) is 0 Å². The van der Waals surface area contributed by atoms with Gasteiger partial charge in [-0.05, 0) is 11.3 Å². The second-order valence-corrected chi connectivity index (χ2v) is 4.92. The molecule has 0 radical (unpaired) electrons. The Balaban J connectivity index is 2.69. The minimum absolute atomic E-state index is 0.343. The quantitative estimate of drug-likeness (QED) is 0.803. The van der Waals surface area contributed by atoms with Gasteiger partial charge in [0.15, 0.2) is 0 Å². The fourth-order valence-corrected chi connectivity index (χ4v) is 1.25. The molecular formula is C11H21N3. The fourth-order valence-electron chi connectivity index (χ4n) is 1.25. The topological polar surface area (TPSA) is 29.9 Å². The largest absolute Gasteiger partial charge is 0.359 e. The van der Waals surface area contributed by atoms with Crippen molar-refractivity contribution < 1.29 is 0 Å². The molecule has 14 heavy (non-hydrogen) atoms. The molecule has 1 N–H and O–H groups in total. The van der Waals surface area contributed by atoms with Crippen LogP contribution in [0.4, 0.5) is 5.95 Å². The van der Waals surface area contributed by atoms with Crippen LogP contribution < -0.4 is 5.32 Å². The molecule has 3 heteroatoms. The average Bonchev–Trinajstić information content (AvgIpc) is 2.50. The van der Waals surface area contributed by atoms with E-state index >= 15 is 0 Å². The first-order valence-electron chi connectivity index (χ1n) is 5.14. The molecular weight excluding hydrogens is 174 g/mol. The molecule has 0 aliphatic rings. The Kier molecular flexibility index (Phi) is 3.19. The summed E-state index contributed by atoms with van der Waals surface area (Å²) in [5.41, 5.74) is 0.343. The van der Waals surface area contributed by atoms with Crippen molar-refractivity contribution in [1.82, 2.24) is 9.55 Å². The number of rotatable bonds is 3. The summed E-state index contributed by atoms with van der Waals surface area (Å²) in [5.74, 6) is 1.57. The van der Waals surface area contributed by atoms with E-state index in [1.54, 1.807) is 0 Å². The van der Waals surface area contributed by atoms with Gasteiger partial charge in [0.25, 0.3) is 0 Å². The summed E-state index contributed by atoms with van der Waals surface area (Å²) >= 11 is 0. The van der Waals surface area contributed by atoms with Crippen molar-refractivity contribution in [3.05, 3.63) is 12.4 Å². The SMILES string of the molecule is CNc1nccn1CC(C)C(C)(C)C. The Morgan fingerprint density at radius 2 is 2.14 bits per heavy atom. The van der Waals surface area contributed by atoms with Crippen LogP contribution in [0.3, 0.4) is 0 Å². The van der Waals surface area contributed by atoms with Crippen LogP contribution in [-0.4, -0.2) is 16.6 Å². The van der Waals surface area contributed by atoms with Crippen LogP contribution in [0, 0.1) is 11.3 Å². The molecule has 1 heterocycles. The van der Waals surface area contributed by atoms with Crippen LogP contribution in [0.5, 0.6) is 0 Å². The monoisotopic (exact) mass is 195 g/mol. The maximum Gasteiger partial charge on any atom is 0.202 e. The second-order valence-electron chi connectivity index (χ2n) is 4.92. The number of imidazole rings is 1. The van der Waals surface area contributed by atoms with Crippen molar-refractivity contribution >= 4 is 5.95 Å². The van der Waals surface area contributed by atoms with Gasteiger partial charge in [-0.1, -0.05) is 27.7 Å². The van der Waals surface area contributed by atoms with E-state index in [1.807, 2.05) is 19.4 Å². The molecule has 3 nitrogen and oxygen atoms in total. The number of nitrogens with one attached hydrogen (secondary N) is 1. The van der Waals surface area contributed by atoms with Crippen LogP contribution >= 0.6 is 0 Å². The predicted octanol–water partition coefficient (Wildman–Crippen LogP) is 2.61. The van der Waals surface area contributed by atoms with E-state index in [-0.39, 0.29) is 0 Å². The summed E-state index contributed by atoms with van der Waals surface area (Å²) < 4.78 is 2.16. The van der Waals surface area contributed by atoms with Gasteiger partial charge in [-0.3, -0.25) is 0 Å². The van der Waals surface area contributed by atoms with Crippen molar-refractivity contribution in [1.29, 1.82) is 0 Å². The Hall–Kier alpha value is -0.990. The fraction of sp³-hybridized carbons (Fsp3) is 0.727. The van der Waals surface area contributed by atoms with E-state index in [0.29, 0.717) is 11.3 Å². The first-order chi connectivity index (χ1) is 6.45. The molecule has 0 spiro atoms. The Morgan fingerprint density at radius 1 is 1.50 bits per heavy atom. The van der Waals surface area contributed by atoms with Gasteiger partial charge in [0.1, 0.15) is 0 Å². The van der Waals surface area contributed by atoms with Crippen LogP contribution in [0.2, 0.25) is 0 Å². The molecule has 0 saturated carbocycles. The van der Waals surface area contributed by atoms with Gasteiger partial charge in [-0.25, -0.2) is 4.98 Å². The summed E-state index contributed by atoms with van der Waals surface area (Å²) in [6.07, 6.45) is 3.86. The van der Waals surface area contributed by atoms with E-state index in [4.69, 9.17) is 0 Å². The number of anilines is 1. The van der Waals surface area contributed by atoms with Gasteiger partial charge in [-0.2, -0.15) is 0 Å². The molecule has 1 rings (SSSR count). The molecule has 0 aliphatic heterocycles. The summed E-state index contributed by atoms with van der Waals surface area (Å²) in [6.45, 7) is 10.1. The molecule has 0 bridgehead atoms. The maximum atomic E-state index is 4.22. The highest BCUT2D eigenvalue weighted by molar-refractivity contribution is 5.24. The van der Waals surface area contributed by atoms with Gasteiger partial charge in [0, 0.05) is 26.0 Å². The molecule has 1 unspecified atom stereocenters. The Labute approximate surface area is 86.5 Å². The lowest BCUT2D eigenvalue weighted by atomic mass is 9.82. The van der Waals surface area contributed by atoms with E-state index < -0.39 is 0 Å². The minimum atomic E-state index is 0.343. The van der Waals surface area contributed by atoms with E-state index in [9.17, 15) is 0 Å². The van der Waals surface area contributed by atoms with Crippen molar-refractivity contribution in [2.45, 2.75) is 34.2 Å². The molecule has 0 aliphatic carbocycles. The van der Waals surface area contributed by atoms with Gasteiger partial charge < -0.3 is 9.88 Å². The maximum absolute atomic E-state index is 4.22. The third-order valence-electron chi connectivity index (χ3n) is 2.89. The second kappa shape index (κ2) is 4.03. The van der Waals surface area contributed by atoms with Crippen LogP contribution in [0.15, 0.2) is 12.4 Å². The average molecular weight is 195 g/mol. The summed E-state index contributed by atoms with van der Waals surface area (Å²) in [5, 5.41) is 3.08. The van der Waals surface area contributed by atoms with Crippen molar-refractivity contribution in [2.75, 3.05) is 12.4 Å². The number of nitrogens with zero attached hydrogens (tertiary/aromatic N) is 2. The number of hydrogen-bond acceptors (Lipinski definition) is 2. The highest BCUT2D eigenvalue weighted by Gasteiger charge is 2.20. The Bertz CT molecular complexity index is 283. The number of aromatic nitrogens is 2. The normalized spacial score (nSPS) is 14.1. The lowest BCUT2D eigenvalue weighted by Crippen LogP contribution is -2.22. The highest BCUT2D eigenvalue weighted by atomic mass is 15.2. The third-order valence-corrected chi connectivity index (χ3v) is 2.89. The van der Waals surface area contributed by atoms with Crippen molar-refractivity contribution in [2.24, 2.45) is 11.3 Å². The van der Waals surface area contributed by atoms with E-state index in [2.05, 4.69) is 42.6 Å². The summed E-state index contributed by atoms with van der Waals surface area (Å²) in [4.78, 5) is 4.22. The van der Waals surface area contributed by atoms with E-state index in [0.717, 1.165) is 12.5 Å². The van der Waals surface area contributed by atoms with Crippen LogP contribution in [0.1, 0.15) is 27.7 Å². The van der Waals surface area contributed by atoms with Crippen LogP contribution in [-0.2, 0) is 6.54 Å². The zero-order valence-electron chi connectivity index (χ0n) is 9.83. The first kappa shape index (κ1) is 11.1. The molecule has 1 aromatic heterocycles. The zero-order chi connectivity index (χ0) is 10.8. The van der Waals surface area contributed by atoms with Crippen molar-refractivity contribution in [3.63, 3.8) is 0 Å². The lowest BCUT2D eigenvalue weighted by Gasteiger charge is -2.27. The molecule has 0 fully saturated rings. The van der Waals surface area contributed by atoms with Gasteiger partial charge in [0.05, 0.1) is 0 Å². The number of hydrogen-bond donors (Lipinski definition) is 1. The van der Waals surface area contributed by atoms with Gasteiger partial charge >= 0.3 is 0 Å². The first-order valence-corrected chi connectivity index (χ1v) is 5.14. The lowest BCUT2D eigenvalue weighted by molar-refractivity contribution is 0.234. The smallest absolute Gasteiger partial charge is 0.202 e. The van der Waals surface area contributed by atoms with Crippen LogP contribution in [0.25, 0.3) is 0 Å². The van der Waals surface area contributed by atoms with Crippen molar-refractivity contribution in [3.8, 4) is 0 Å². The molecule has 1 aromatic rings. The molecule has 80 valence electrons. The predicted molar refractivity (Wildman–Crippen MR) is 60.4 cm³/mol. The summed E-state index contributed by atoms with van der Waals surface area (Å²) in [7, 11) is 1.90. The molecule has 0 saturated heterocycles. The molecule has 1 atom stereocenters. The summed E-state index contributed by atoms with van der Waals surface area (Å²) in [6, 6.07) is 0. The standard InChI is InChI=1S/C11H21N3/c1-9(11(2,3)4)8-14-7-6-13-10(14)12-5/h6-7,9H,8H2,1-5H3,(H,12,13). The molecule has 0 aromatic carbocycles. The third kappa shape index (κ3) is 2.50.